The van der Waals surface area contributed by atoms with E-state index < -0.39 is 0 Å². The molecule has 0 unspecified atom stereocenters. The molecular formula is C16H23BrN2O2. The SMILES string of the molecule is COc1ccc(Br)cc1CC(=O)N1CCC[C@H]([C@@H](C)N)C1. The molecule has 1 fully saturated rings. The Kier molecular flexibility index (Phi) is 5.65. The zero-order chi connectivity index (χ0) is 15.4. The highest BCUT2D eigenvalue weighted by Gasteiger charge is 2.26. The second kappa shape index (κ2) is 7.27. The van der Waals surface area contributed by atoms with E-state index in [-0.39, 0.29) is 11.9 Å². The maximum atomic E-state index is 12.5. The van der Waals surface area contributed by atoms with Crippen LogP contribution < -0.4 is 10.5 Å². The van der Waals surface area contributed by atoms with Crippen molar-refractivity contribution >= 4 is 21.8 Å². The summed E-state index contributed by atoms with van der Waals surface area (Å²) in [6.07, 6.45) is 2.52. The monoisotopic (exact) mass is 354 g/mol. The minimum atomic E-state index is 0.140. The Bertz CT molecular complexity index is 505. The second-order valence-corrected chi connectivity index (χ2v) is 6.65. The third-order valence-corrected chi connectivity index (χ3v) is 4.63. The highest BCUT2D eigenvalue weighted by molar-refractivity contribution is 9.10. The van der Waals surface area contributed by atoms with Gasteiger partial charge in [0.1, 0.15) is 5.75 Å². The van der Waals surface area contributed by atoms with Crippen LogP contribution in [0.2, 0.25) is 0 Å². The molecule has 0 spiro atoms. The Hall–Kier alpha value is -1.07. The van der Waals surface area contributed by atoms with Crippen molar-refractivity contribution in [2.75, 3.05) is 20.2 Å². The predicted octanol–water partition coefficient (Wildman–Crippen LogP) is 2.59. The molecule has 2 N–H and O–H groups in total. The molecule has 1 amide bonds. The van der Waals surface area contributed by atoms with Crippen LogP contribution in [-0.4, -0.2) is 37.0 Å². The van der Waals surface area contributed by atoms with Gasteiger partial charge in [-0.25, -0.2) is 0 Å². The molecule has 0 aliphatic carbocycles. The standard InChI is InChI=1S/C16H23BrN2O2/c1-11(18)12-4-3-7-19(10-12)16(20)9-13-8-14(17)5-6-15(13)21-2/h5-6,8,11-12H,3-4,7,9-10,18H2,1-2H3/t11-,12+/m1/s1. The number of ether oxygens (including phenoxy) is 1. The lowest BCUT2D eigenvalue weighted by Gasteiger charge is -2.34. The maximum Gasteiger partial charge on any atom is 0.227 e. The molecule has 21 heavy (non-hydrogen) atoms. The third-order valence-electron chi connectivity index (χ3n) is 4.14. The van der Waals surface area contributed by atoms with Gasteiger partial charge in [0.2, 0.25) is 5.91 Å². The van der Waals surface area contributed by atoms with E-state index in [9.17, 15) is 4.79 Å². The van der Waals surface area contributed by atoms with Gasteiger partial charge in [-0.15, -0.1) is 0 Å². The van der Waals surface area contributed by atoms with Crippen LogP contribution in [0.5, 0.6) is 5.75 Å². The number of nitrogens with two attached hydrogens (primary N) is 1. The van der Waals surface area contributed by atoms with Gasteiger partial charge in [-0.2, -0.15) is 0 Å². The molecule has 116 valence electrons. The zero-order valence-corrected chi connectivity index (χ0v) is 14.2. The Balaban J connectivity index is 2.06. The Morgan fingerprint density at radius 1 is 1.57 bits per heavy atom. The lowest BCUT2D eigenvalue weighted by molar-refractivity contribution is -0.132. The number of nitrogens with zero attached hydrogens (tertiary/aromatic N) is 1. The van der Waals surface area contributed by atoms with Crippen molar-refractivity contribution in [3.8, 4) is 5.75 Å². The summed E-state index contributed by atoms with van der Waals surface area (Å²) in [7, 11) is 1.63. The molecule has 2 atom stereocenters. The first-order valence-corrected chi connectivity index (χ1v) is 8.16. The molecule has 0 bridgehead atoms. The predicted molar refractivity (Wildman–Crippen MR) is 87.4 cm³/mol. The zero-order valence-electron chi connectivity index (χ0n) is 12.6. The number of hydrogen-bond acceptors (Lipinski definition) is 3. The smallest absolute Gasteiger partial charge is 0.227 e. The lowest BCUT2D eigenvalue weighted by Crippen LogP contribution is -2.45. The molecule has 2 rings (SSSR count). The Labute approximate surface area is 134 Å². The van der Waals surface area contributed by atoms with Crippen LogP contribution in [0, 0.1) is 5.92 Å². The molecule has 1 aliphatic rings. The van der Waals surface area contributed by atoms with Crippen molar-refractivity contribution in [1.82, 2.24) is 4.90 Å². The number of hydrogen-bond donors (Lipinski definition) is 1. The van der Waals surface area contributed by atoms with Gasteiger partial charge in [-0.1, -0.05) is 15.9 Å². The quantitative estimate of drug-likeness (QED) is 0.903. The number of carbonyl (C=O) groups excluding carboxylic acids is 1. The Morgan fingerprint density at radius 3 is 3.00 bits per heavy atom. The summed E-state index contributed by atoms with van der Waals surface area (Å²) in [5.41, 5.74) is 6.90. The first kappa shape index (κ1) is 16.3. The third kappa shape index (κ3) is 4.20. The number of rotatable bonds is 4. The summed E-state index contributed by atoms with van der Waals surface area (Å²) in [5.74, 6) is 1.32. The summed E-state index contributed by atoms with van der Waals surface area (Å²) >= 11 is 3.44. The largest absolute Gasteiger partial charge is 0.496 e. The van der Waals surface area contributed by atoms with Crippen LogP contribution >= 0.6 is 15.9 Å². The van der Waals surface area contributed by atoms with E-state index in [2.05, 4.69) is 15.9 Å². The fraction of sp³-hybridized carbons (Fsp3) is 0.562. The highest BCUT2D eigenvalue weighted by Crippen LogP contribution is 2.25. The van der Waals surface area contributed by atoms with Crippen LogP contribution in [-0.2, 0) is 11.2 Å². The average Bonchev–Trinajstić information content (AvgIpc) is 2.47. The molecule has 1 heterocycles. The van der Waals surface area contributed by atoms with E-state index in [4.69, 9.17) is 10.5 Å². The van der Waals surface area contributed by atoms with Gasteiger partial charge >= 0.3 is 0 Å². The molecule has 1 saturated heterocycles. The van der Waals surface area contributed by atoms with Gasteiger partial charge in [0.25, 0.3) is 0 Å². The number of likely N-dealkylation sites (tertiary alicyclic amines) is 1. The van der Waals surface area contributed by atoms with Crippen molar-refractivity contribution in [3.05, 3.63) is 28.2 Å². The number of amides is 1. The second-order valence-electron chi connectivity index (χ2n) is 5.73. The Morgan fingerprint density at radius 2 is 2.33 bits per heavy atom. The fourth-order valence-corrected chi connectivity index (χ4v) is 3.23. The lowest BCUT2D eigenvalue weighted by atomic mass is 9.92. The first-order chi connectivity index (χ1) is 10.0. The van der Waals surface area contributed by atoms with E-state index in [0.717, 1.165) is 41.7 Å². The maximum absolute atomic E-state index is 12.5. The van der Waals surface area contributed by atoms with E-state index in [1.807, 2.05) is 30.0 Å². The molecular weight excluding hydrogens is 332 g/mol. The van der Waals surface area contributed by atoms with E-state index in [1.54, 1.807) is 7.11 Å². The van der Waals surface area contributed by atoms with Crippen LogP contribution in [0.25, 0.3) is 0 Å². The minimum absolute atomic E-state index is 0.140. The van der Waals surface area contributed by atoms with Gasteiger partial charge in [-0.05, 0) is 43.9 Å². The summed E-state index contributed by atoms with van der Waals surface area (Å²) in [6.45, 7) is 3.63. The molecule has 1 aromatic carbocycles. The van der Waals surface area contributed by atoms with Gasteiger partial charge in [-0.3, -0.25) is 4.79 Å². The number of halogens is 1. The first-order valence-electron chi connectivity index (χ1n) is 7.37. The fourth-order valence-electron chi connectivity index (χ4n) is 2.83. The summed E-state index contributed by atoms with van der Waals surface area (Å²) in [4.78, 5) is 14.5. The molecule has 0 aromatic heterocycles. The topological polar surface area (TPSA) is 55.6 Å². The molecule has 0 radical (unpaired) electrons. The summed E-state index contributed by atoms with van der Waals surface area (Å²) in [6, 6.07) is 5.89. The van der Waals surface area contributed by atoms with Crippen molar-refractivity contribution in [1.29, 1.82) is 0 Å². The van der Waals surface area contributed by atoms with E-state index in [0.29, 0.717) is 12.3 Å². The van der Waals surface area contributed by atoms with Crippen molar-refractivity contribution in [3.63, 3.8) is 0 Å². The number of piperidine rings is 1. The highest BCUT2D eigenvalue weighted by atomic mass is 79.9. The molecule has 4 nitrogen and oxygen atoms in total. The molecule has 0 saturated carbocycles. The van der Waals surface area contributed by atoms with Gasteiger partial charge in [0, 0.05) is 29.2 Å². The number of carbonyl (C=O) groups is 1. The van der Waals surface area contributed by atoms with Gasteiger partial charge < -0.3 is 15.4 Å². The van der Waals surface area contributed by atoms with Crippen molar-refractivity contribution in [2.24, 2.45) is 11.7 Å². The normalized spacial score (nSPS) is 20.2. The van der Waals surface area contributed by atoms with Crippen LogP contribution in [0.4, 0.5) is 0 Å². The van der Waals surface area contributed by atoms with Crippen LogP contribution in [0.1, 0.15) is 25.3 Å². The van der Waals surface area contributed by atoms with Crippen molar-refractivity contribution in [2.45, 2.75) is 32.2 Å². The van der Waals surface area contributed by atoms with Crippen LogP contribution in [0.15, 0.2) is 22.7 Å². The minimum Gasteiger partial charge on any atom is -0.496 e. The molecule has 1 aliphatic heterocycles. The summed E-state index contributed by atoms with van der Waals surface area (Å²) in [5, 5.41) is 0. The number of methoxy groups -OCH3 is 1. The average molecular weight is 355 g/mol. The van der Waals surface area contributed by atoms with Gasteiger partial charge in [0.15, 0.2) is 0 Å². The number of benzene rings is 1. The summed E-state index contributed by atoms with van der Waals surface area (Å²) < 4.78 is 6.29. The molecule has 5 heteroatoms. The van der Waals surface area contributed by atoms with Gasteiger partial charge in [0.05, 0.1) is 13.5 Å². The van der Waals surface area contributed by atoms with E-state index >= 15 is 0 Å². The van der Waals surface area contributed by atoms with Crippen LogP contribution in [0.3, 0.4) is 0 Å². The van der Waals surface area contributed by atoms with Crippen molar-refractivity contribution < 1.29 is 9.53 Å². The molecule has 1 aromatic rings. The van der Waals surface area contributed by atoms with E-state index in [1.165, 1.54) is 0 Å².